The van der Waals surface area contributed by atoms with Crippen LogP contribution < -0.4 is 5.43 Å². The van der Waals surface area contributed by atoms with E-state index in [0.29, 0.717) is 11.3 Å². The lowest BCUT2D eigenvalue weighted by Crippen LogP contribution is -2.19. The largest absolute Gasteiger partial charge is 0.507 e. The van der Waals surface area contributed by atoms with E-state index < -0.39 is 23.2 Å². The lowest BCUT2D eigenvalue weighted by Gasteiger charge is -2.07. The Kier molecular flexibility index (Phi) is 4.75. The number of amides is 1. The molecule has 0 saturated carbocycles. The number of hydrazone groups is 1. The summed E-state index contributed by atoms with van der Waals surface area (Å²) in [5, 5.41) is 41.7. The Labute approximate surface area is 139 Å². The highest BCUT2D eigenvalue weighted by atomic mass is 79.9. The monoisotopic (exact) mass is 380 g/mol. The van der Waals surface area contributed by atoms with Crippen LogP contribution in [0.4, 0.5) is 0 Å². The Morgan fingerprint density at radius 3 is 2.26 bits per heavy atom. The molecule has 0 heterocycles. The van der Waals surface area contributed by atoms with Gasteiger partial charge in [-0.3, -0.25) is 4.79 Å². The Morgan fingerprint density at radius 1 is 1.04 bits per heavy atom. The highest BCUT2D eigenvalue weighted by molar-refractivity contribution is 9.10. The van der Waals surface area contributed by atoms with Crippen LogP contribution >= 0.6 is 15.9 Å². The van der Waals surface area contributed by atoms with E-state index in [0.717, 1.165) is 16.6 Å². The van der Waals surface area contributed by atoms with Gasteiger partial charge in [0, 0.05) is 15.6 Å². The van der Waals surface area contributed by atoms with Crippen molar-refractivity contribution in [2.24, 2.45) is 5.10 Å². The van der Waals surface area contributed by atoms with Crippen molar-refractivity contribution in [1.82, 2.24) is 5.43 Å². The van der Waals surface area contributed by atoms with Gasteiger partial charge in [0.2, 0.25) is 0 Å². The van der Waals surface area contributed by atoms with Crippen molar-refractivity contribution in [2.75, 3.05) is 0 Å². The Balaban J connectivity index is 2.22. The van der Waals surface area contributed by atoms with Gasteiger partial charge in [-0.2, -0.15) is 5.10 Å². The molecule has 0 saturated heterocycles. The first kappa shape index (κ1) is 16.6. The number of carbonyl (C=O) groups is 1. The van der Waals surface area contributed by atoms with Crippen LogP contribution in [0.1, 0.15) is 22.8 Å². The van der Waals surface area contributed by atoms with Crippen LogP contribution in [0.3, 0.4) is 0 Å². The summed E-state index contributed by atoms with van der Waals surface area (Å²) >= 11 is 3.27. The van der Waals surface area contributed by atoms with Crippen LogP contribution in [0.2, 0.25) is 0 Å². The van der Waals surface area contributed by atoms with Gasteiger partial charge in [-0.05, 0) is 37.3 Å². The topological polar surface area (TPSA) is 122 Å². The SMILES string of the molecule is C/C(=N\NC(=O)c1cc(O)c(O)c(O)c1)c1cc(Br)ccc1O. The van der Waals surface area contributed by atoms with Crippen molar-refractivity contribution < 1.29 is 25.2 Å². The predicted molar refractivity (Wildman–Crippen MR) is 86.9 cm³/mol. The summed E-state index contributed by atoms with van der Waals surface area (Å²) in [6.07, 6.45) is 0. The molecule has 2 aromatic rings. The Bertz CT molecular complexity index is 781. The summed E-state index contributed by atoms with van der Waals surface area (Å²) in [5.41, 5.74) is 2.92. The fourth-order valence-electron chi connectivity index (χ4n) is 1.79. The minimum Gasteiger partial charge on any atom is -0.507 e. The highest BCUT2D eigenvalue weighted by Crippen LogP contribution is 2.35. The van der Waals surface area contributed by atoms with Crippen LogP contribution in [-0.2, 0) is 0 Å². The van der Waals surface area contributed by atoms with Crippen molar-refractivity contribution in [3.05, 3.63) is 45.9 Å². The molecule has 0 aromatic heterocycles. The molecule has 0 aliphatic rings. The van der Waals surface area contributed by atoms with Gasteiger partial charge in [0.1, 0.15) is 5.75 Å². The fraction of sp³-hybridized carbons (Fsp3) is 0.0667. The molecule has 0 bridgehead atoms. The summed E-state index contributed by atoms with van der Waals surface area (Å²) in [5.74, 6) is -2.66. The van der Waals surface area contributed by atoms with E-state index in [4.69, 9.17) is 0 Å². The number of hydrogen-bond acceptors (Lipinski definition) is 6. The number of phenolic OH excluding ortho intramolecular Hbond substituents is 4. The Hall–Kier alpha value is -2.74. The van der Waals surface area contributed by atoms with E-state index >= 15 is 0 Å². The van der Waals surface area contributed by atoms with E-state index in [-0.39, 0.29) is 11.3 Å². The maximum Gasteiger partial charge on any atom is 0.271 e. The summed E-state index contributed by atoms with van der Waals surface area (Å²) in [4.78, 5) is 12.0. The molecule has 0 unspecified atom stereocenters. The van der Waals surface area contributed by atoms with Gasteiger partial charge >= 0.3 is 0 Å². The Morgan fingerprint density at radius 2 is 1.65 bits per heavy atom. The maximum absolute atomic E-state index is 12.0. The summed E-state index contributed by atoms with van der Waals surface area (Å²) in [6, 6.07) is 6.76. The van der Waals surface area contributed by atoms with E-state index in [1.54, 1.807) is 19.1 Å². The second-order valence-corrected chi connectivity index (χ2v) is 5.58. The first-order chi connectivity index (χ1) is 10.8. The molecule has 8 heteroatoms. The van der Waals surface area contributed by atoms with Crippen molar-refractivity contribution in [2.45, 2.75) is 6.92 Å². The third-order valence-corrected chi connectivity index (χ3v) is 3.50. The van der Waals surface area contributed by atoms with Gasteiger partial charge < -0.3 is 20.4 Å². The molecule has 0 spiro atoms. The normalized spacial score (nSPS) is 11.3. The minimum atomic E-state index is -0.708. The first-order valence-corrected chi connectivity index (χ1v) is 7.17. The van der Waals surface area contributed by atoms with E-state index in [1.165, 1.54) is 6.07 Å². The minimum absolute atomic E-state index is 0.00335. The molecule has 1 amide bonds. The van der Waals surface area contributed by atoms with Gasteiger partial charge in [0.05, 0.1) is 5.71 Å². The molecule has 0 fully saturated rings. The second kappa shape index (κ2) is 6.57. The summed E-state index contributed by atoms with van der Waals surface area (Å²) in [7, 11) is 0. The van der Waals surface area contributed by atoms with Crippen molar-refractivity contribution in [3.63, 3.8) is 0 Å². The molecule has 120 valence electrons. The summed E-state index contributed by atoms with van der Waals surface area (Å²) in [6.45, 7) is 1.59. The van der Waals surface area contributed by atoms with Gasteiger partial charge in [0.25, 0.3) is 5.91 Å². The standard InChI is InChI=1S/C15H13BrN2O5/c1-7(10-6-9(16)2-3-11(10)19)17-18-15(23)8-4-12(20)14(22)13(21)5-8/h2-6,19-22H,1H3,(H,18,23)/b17-7+. The van der Waals surface area contributed by atoms with Gasteiger partial charge in [-0.25, -0.2) is 5.43 Å². The van der Waals surface area contributed by atoms with Gasteiger partial charge in [0.15, 0.2) is 17.2 Å². The molecule has 0 atom stereocenters. The average Bonchev–Trinajstić information content (AvgIpc) is 2.51. The van der Waals surface area contributed by atoms with Crippen molar-refractivity contribution in [3.8, 4) is 23.0 Å². The zero-order valence-corrected chi connectivity index (χ0v) is 13.5. The molecule has 0 radical (unpaired) electrons. The summed E-state index contributed by atoms with van der Waals surface area (Å²) < 4.78 is 0.736. The number of aromatic hydroxyl groups is 4. The molecule has 5 N–H and O–H groups in total. The molecule has 2 rings (SSSR count). The zero-order valence-electron chi connectivity index (χ0n) is 11.9. The van der Waals surface area contributed by atoms with Crippen LogP contribution in [0.15, 0.2) is 39.9 Å². The average molecular weight is 381 g/mol. The number of nitrogens with one attached hydrogen (secondary N) is 1. The van der Waals surface area contributed by atoms with Crippen LogP contribution in [0.25, 0.3) is 0 Å². The molecular weight excluding hydrogens is 368 g/mol. The molecular formula is C15H13BrN2O5. The second-order valence-electron chi connectivity index (χ2n) is 4.66. The number of benzene rings is 2. The smallest absolute Gasteiger partial charge is 0.271 e. The number of halogens is 1. The van der Waals surface area contributed by atoms with E-state index in [9.17, 15) is 25.2 Å². The molecule has 23 heavy (non-hydrogen) atoms. The van der Waals surface area contributed by atoms with E-state index in [2.05, 4.69) is 26.5 Å². The van der Waals surface area contributed by atoms with Crippen LogP contribution in [-0.4, -0.2) is 32.0 Å². The number of phenols is 4. The maximum atomic E-state index is 12.0. The molecule has 2 aromatic carbocycles. The number of hydrogen-bond donors (Lipinski definition) is 5. The predicted octanol–water partition coefficient (Wildman–Crippen LogP) is 2.43. The van der Waals surface area contributed by atoms with E-state index in [1.807, 2.05) is 0 Å². The van der Waals surface area contributed by atoms with Gasteiger partial charge in [-0.15, -0.1) is 0 Å². The molecule has 0 aliphatic heterocycles. The number of carbonyl (C=O) groups excluding carboxylic acids is 1. The highest BCUT2D eigenvalue weighted by Gasteiger charge is 2.13. The van der Waals surface area contributed by atoms with Crippen LogP contribution in [0.5, 0.6) is 23.0 Å². The third-order valence-electron chi connectivity index (χ3n) is 3.01. The fourth-order valence-corrected chi connectivity index (χ4v) is 2.15. The number of rotatable bonds is 3. The quantitative estimate of drug-likeness (QED) is 0.318. The molecule has 0 aliphatic carbocycles. The third kappa shape index (κ3) is 3.72. The first-order valence-electron chi connectivity index (χ1n) is 6.38. The van der Waals surface area contributed by atoms with Crippen molar-refractivity contribution in [1.29, 1.82) is 0 Å². The molecule has 7 nitrogen and oxygen atoms in total. The lowest BCUT2D eigenvalue weighted by atomic mass is 10.1. The van der Waals surface area contributed by atoms with Crippen LogP contribution in [0, 0.1) is 0 Å². The number of nitrogens with zero attached hydrogens (tertiary/aromatic N) is 1. The lowest BCUT2D eigenvalue weighted by molar-refractivity contribution is 0.0954. The van der Waals surface area contributed by atoms with Gasteiger partial charge in [-0.1, -0.05) is 15.9 Å². The zero-order chi connectivity index (χ0) is 17.1. The van der Waals surface area contributed by atoms with Crippen molar-refractivity contribution >= 4 is 27.5 Å².